The number of carbonyl (C=O) groups excluding carboxylic acids is 2. The molecule has 1 aliphatic rings. The molecule has 118 valence electrons. The molecule has 6 nitrogen and oxygen atoms in total. The van der Waals surface area contributed by atoms with E-state index >= 15 is 0 Å². The first kappa shape index (κ1) is 15.8. The van der Waals surface area contributed by atoms with E-state index in [0.717, 1.165) is 6.42 Å². The van der Waals surface area contributed by atoms with Gasteiger partial charge in [-0.05, 0) is 24.1 Å². The van der Waals surface area contributed by atoms with E-state index in [4.69, 9.17) is 4.74 Å². The summed E-state index contributed by atoms with van der Waals surface area (Å²) in [5, 5.41) is 8.04. The summed E-state index contributed by atoms with van der Waals surface area (Å²) < 4.78 is 19.0. The Balaban J connectivity index is 2.09. The molecule has 3 N–H and O–H groups in total. The molecule has 0 fully saturated rings. The molecule has 0 spiro atoms. The van der Waals surface area contributed by atoms with E-state index < -0.39 is 5.82 Å². The molecule has 0 atom stereocenters. The molecule has 0 aromatic heterocycles. The first-order valence-electron chi connectivity index (χ1n) is 6.96. The van der Waals surface area contributed by atoms with Gasteiger partial charge in [0.05, 0.1) is 11.4 Å². The number of hydrogen-bond donors (Lipinski definition) is 3. The lowest BCUT2D eigenvalue weighted by Crippen LogP contribution is -2.30. The fourth-order valence-electron chi connectivity index (χ4n) is 2.11. The largest absolute Gasteiger partial charge is 0.478 e. The quantitative estimate of drug-likeness (QED) is 0.716. The average Bonchev–Trinajstić information content (AvgIpc) is 2.49. The first-order chi connectivity index (χ1) is 10.5. The van der Waals surface area contributed by atoms with Crippen molar-refractivity contribution in [1.82, 2.24) is 10.6 Å². The smallest absolute Gasteiger partial charge is 0.267 e. The lowest BCUT2D eigenvalue weighted by atomic mass is 10.1. The van der Waals surface area contributed by atoms with Crippen LogP contribution >= 0.6 is 0 Å². The van der Waals surface area contributed by atoms with E-state index in [1.807, 2.05) is 6.92 Å². The zero-order chi connectivity index (χ0) is 16.1. The van der Waals surface area contributed by atoms with Gasteiger partial charge in [0.2, 0.25) is 0 Å². The van der Waals surface area contributed by atoms with Gasteiger partial charge in [0.1, 0.15) is 0 Å². The van der Waals surface area contributed by atoms with Gasteiger partial charge >= 0.3 is 0 Å². The third kappa shape index (κ3) is 3.55. The molecule has 0 radical (unpaired) electrons. The van der Waals surface area contributed by atoms with Crippen LogP contribution in [0, 0.1) is 5.82 Å². The summed E-state index contributed by atoms with van der Waals surface area (Å²) in [5.41, 5.74) is 1.26. The topological polar surface area (TPSA) is 79.5 Å². The Hall–Kier alpha value is -2.57. The molecule has 1 aliphatic heterocycles. The third-order valence-electron chi connectivity index (χ3n) is 3.10. The van der Waals surface area contributed by atoms with Crippen LogP contribution in [0.2, 0.25) is 0 Å². The Morgan fingerprint density at radius 1 is 1.50 bits per heavy atom. The van der Waals surface area contributed by atoms with Crippen molar-refractivity contribution in [1.29, 1.82) is 0 Å². The van der Waals surface area contributed by atoms with E-state index in [1.165, 1.54) is 6.07 Å². The maximum absolute atomic E-state index is 13.9. The van der Waals surface area contributed by atoms with Crippen molar-refractivity contribution in [2.75, 3.05) is 19.0 Å². The minimum atomic E-state index is -0.570. The zero-order valence-corrected chi connectivity index (χ0v) is 12.5. The highest BCUT2D eigenvalue weighted by Crippen LogP contribution is 2.31. The molecule has 1 aromatic carbocycles. The van der Waals surface area contributed by atoms with Crippen LogP contribution in [0.5, 0.6) is 5.75 Å². The second-order valence-electron chi connectivity index (χ2n) is 4.75. The third-order valence-corrected chi connectivity index (χ3v) is 3.10. The second-order valence-corrected chi connectivity index (χ2v) is 4.75. The molecule has 0 aliphatic carbocycles. The molecule has 0 saturated heterocycles. The minimum Gasteiger partial charge on any atom is -0.478 e. The molecule has 0 bridgehead atoms. The lowest BCUT2D eigenvalue weighted by molar-refractivity contribution is -0.119. The van der Waals surface area contributed by atoms with Gasteiger partial charge in [-0.3, -0.25) is 9.59 Å². The molecule has 0 saturated carbocycles. The van der Waals surface area contributed by atoms with Crippen LogP contribution in [0.4, 0.5) is 10.1 Å². The number of benzene rings is 1. The number of hydrogen-bond acceptors (Lipinski definition) is 4. The SMILES string of the molecule is CC/C=C(/NC)C(=O)NCc1cc(F)c2c(c1)NC(=O)CO2. The van der Waals surface area contributed by atoms with Gasteiger partial charge in [-0.1, -0.05) is 13.0 Å². The molecule has 0 unspecified atom stereocenters. The van der Waals surface area contributed by atoms with Crippen LogP contribution in [-0.2, 0) is 16.1 Å². The monoisotopic (exact) mass is 307 g/mol. The standard InChI is InChI=1S/C15H18FN3O3/c1-3-4-11(17-2)15(21)18-7-9-5-10(16)14-12(6-9)19-13(20)8-22-14/h4-6,17H,3,7-8H2,1-2H3,(H,18,21)(H,19,20)/b11-4+. The lowest BCUT2D eigenvalue weighted by Gasteiger charge is -2.19. The average molecular weight is 307 g/mol. The van der Waals surface area contributed by atoms with Gasteiger partial charge < -0.3 is 20.7 Å². The number of halogens is 1. The van der Waals surface area contributed by atoms with Gasteiger partial charge in [-0.2, -0.15) is 0 Å². The summed E-state index contributed by atoms with van der Waals surface area (Å²) in [6, 6.07) is 2.86. The summed E-state index contributed by atoms with van der Waals surface area (Å²) in [7, 11) is 1.66. The highest BCUT2D eigenvalue weighted by atomic mass is 19.1. The number of amides is 2. The van der Waals surface area contributed by atoms with Crippen molar-refractivity contribution >= 4 is 17.5 Å². The predicted molar refractivity (Wildman–Crippen MR) is 79.8 cm³/mol. The number of nitrogens with one attached hydrogen (secondary N) is 3. The normalized spacial score (nSPS) is 13.8. The molecule has 2 amide bonds. The molecule has 22 heavy (non-hydrogen) atoms. The summed E-state index contributed by atoms with van der Waals surface area (Å²) in [5.74, 6) is -1.16. The minimum absolute atomic E-state index is 0.0245. The summed E-state index contributed by atoms with van der Waals surface area (Å²) in [6.45, 7) is 1.86. The number of anilines is 1. The Morgan fingerprint density at radius 2 is 2.27 bits per heavy atom. The van der Waals surface area contributed by atoms with Gasteiger partial charge in [-0.25, -0.2) is 4.39 Å². The van der Waals surface area contributed by atoms with Crippen molar-refractivity contribution in [3.05, 3.63) is 35.3 Å². The molecule has 1 heterocycles. The van der Waals surface area contributed by atoms with E-state index in [1.54, 1.807) is 19.2 Å². The predicted octanol–water partition coefficient (Wildman–Crippen LogP) is 1.29. The Morgan fingerprint density at radius 3 is 2.95 bits per heavy atom. The first-order valence-corrected chi connectivity index (χ1v) is 6.96. The number of likely N-dealkylation sites (N-methyl/N-ethyl adjacent to an activating group) is 1. The Kier molecular flexibility index (Phi) is 4.98. The molecular weight excluding hydrogens is 289 g/mol. The number of ether oxygens (including phenoxy) is 1. The van der Waals surface area contributed by atoms with Crippen molar-refractivity contribution in [2.24, 2.45) is 0 Å². The number of rotatable bonds is 5. The van der Waals surface area contributed by atoms with Crippen LogP contribution in [-0.4, -0.2) is 25.5 Å². The van der Waals surface area contributed by atoms with E-state index in [2.05, 4.69) is 16.0 Å². The molecule has 7 heteroatoms. The highest BCUT2D eigenvalue weighted by Gasteiger charge is 2.20. The summed E-state index contributed by atoms with van der Waals surface area (Å²) in [6.07, 6.45) is 2.48. The van der Waals surface area contributed by atoms with Gasteiger partial charge in [-0.15, -0.1) is 0 Å². The van der Waals surface area contributed by atoms with Crippen molar-refractivity contribution in [3.63, 3.8) is 0 Å². The second kappa shape index (κ2) is 6.93. The Bertz CT molecular complexity index is 629. The van der Waals surface area contributed by atoms with E-state index in [-0.39, 0.29) is 36.4 Å². The maximum Gasteiger partial charge on any atom is 0.267 e. The van der Waals surface area contributed by atoms with Gasteiger partial charge in [0.15, 0.2) is 18.2 Å². The van der Waals surface area contributed by atoms with Crippen LogP contribution in [0.3, 0.4) is 0 Å². The number of carbonyl (C=O) groups is 2. The van der Waals surface area contributed by atoms with Gasteiger partial charge in [0.25, 0.3) is 11.8 Å². The van der Waals surface area contributed by atoms with Crippen molar-refractivity contribution in [2.45, 2.75) is 19.9 Å². The van der Waals surface area contributed by atoms with E-state index in [9.17, 15) is 14.0 Å². The zero-order valence-electron chi connectivity index (χ0n) is 12.5. The molecule has 1 aromatic rings. The maximum atomic E-state index is 13.9. The Labute approximate surface area is 127 Å². The summed E-state index contributed by atoms with van der Waals surface area (Å²) >= 11 is 0. The number of fused-ring (bicyclic) bond motifs is 1. The fraction of sp³-hybridized carbons (Fsp3) is 0.333. The van der Waals surface area contributed by atoms with Crippen LogP contribution in [0.1, 0.15) is 18.9 Å². The molecular formula is C15H18FN3O3. The van der Waals surface area contributed by atoms with E-state index in [0.29, 0.717) is 11.3 Å². The number of allylic oxidation sites excluding steroid dienone is 1. The van der Waals surface area contributed by atoms with Crippen LogP contribution < -0.4 is 20.7 Å². The van der Waals surface area contributed by atoms with Crippen molar-refractivity contribution in [3.8, 4) is 5.75 Å². The summed E-state index contributed by atoms with van der Waals surface area (Å²) in [4.78, 5) is 23.2. The highest BCUT2D eigenvalue weighted by molar-refractivity contribution is 5.95. The van der Waals surface area contributed by atoms with Crippen LogP contribution in [0.25, 0.3) is 0 Å². The van der Waals surface area contributed by atoms with Crippen molar-refractivity contribution < 1.29 is 18.7 Å². The fourth-order valence-corrected chi connectivity index (χ4v) is 2.11. The van der Waals surface area contributed by atoms with Gasteiger partial charge in [0, 0.05) is 13.6 Å². The van der Waals surface area contributed by atoms with Crippen LogP contribution in [0.15, 0.2) is 23.9 Å². The molecule has 2 rings (SSSR count).